The number of nitrogens with zero attached hydrogens (tertiary/aromatic N) is 3. The Labute approximate surface area is 184 Å². The standard InChI is InChI=1S/C23H34N4O4/c1-2-14-31-22(30)25-17-4-9-20(24-15-17)26-12-3-10-23(16-26)11-13-27(21(23)29)18-5-7-19(28)8-6-18/h4,9,15,18-19,28H,2-3,5-8,10-14,16H2,1H3,(H,25,30)/t18?,19?,23-/m0/s1. The molecule has 3 fully saturated rings. The molecular formula is C23H34N4O4. The maximum absolute atomic E-state index is 13.5. The van der Waals surface area contributed by atoms with E-state index in [1.54, 1.807) is 6.20 Å². The molecule has 4 rings (SSSR count). The second kappa shape index (κ2) is 9.42. The van der Waals surface area contributed by atoms with Gasteiger partial charge in [-0.05, 0) is 63.5 Å². The van der Waals surface area contributed by atoms with E-state index in [1.165, 1.54) is 0 Å². The number of hydrogen-bond acceptors (Lipinski definition) is 6. The minimum absolute atomic E-state index is 0.204. The number of hydrogen-bond donors (Lipinski definition) is 2. The predicted octanol–water partition coefficient (Wildman–Crippen LogP) is 3.16. The maximum Gasteiger partial charge on any atom is 0.411 e. The molecule has 1 aromatic rings. The van der Waals surface area contributed by atoms with Gasteiger partial charge in [0.1, 0.15) is 5.82 Å². The topological polar surface area (TPSA) is 95.0 Å². The van der Waals surface area contributed by atoms with Crippen molar-refractivity contribution in [2.24, 2.45) is 5.41 Å². The van der Waals surface area contributed by atoms with E-state index in [1.807, 2.05) is 19.1 Å². The molecule has 0 unspecified atom stereocenters. The second-order valence-electron chi connectivity index (χ2n) is 9.18. The van der Waals surface area contributed by atoms with Gasteiger partial charge >= 0.3 is 6.09 Å². The third-order valence-electron chi connectivity index (χ3n) is 6.99. The monoisotopic (exact) mass is 430 g/mol. The summed E-state index contributed by atoms with van der Waals surface area (Å²) in [7, 11) is 0. The molecule has 0 radical (unpaired) electrons. The highest BCUT2D eigenvalue weighted by atomic mass is 16.5. The summed E-state index contributed by atoms with van der Waals surface area (Å²) in [6.07, 6.45) is 7.93. The van der Waals surface area contributed by atoms with Crippen molar-refractivity contribution in [2.45, 2.75) is 70.4 Å². The maximum atomic E-state index is 13.5. The molecule has 1 saturated carbocycles. The van der Waals surface area contributed by atoms with Gasteiger partial charge in [0.25, 0.3) is 0 Å². The van der Waals surface area contributed by atoms with Crippen molar-refractivity contribution in [3.63, 3.8) is 0 Å². The predicted molar refractivity (Wildman–Crippen MR) is 118 cm³/mol. The van der Waals surface area contributed by atoms with Gasteiger partial charge in [0.15, 0.2) is 0 Å². The van der Waals surface area contributed by atoms with E-state index in [-0.39, 0.29) is 23.5 Å². The number of pyridine rings is 1. The third kappa shape index (κ3) is 4.79. The van der Waals surface area contributed by atoms with Crippen molar-refractivity contribution in [1.29, 1.82) is 0 Å². The molecule has 2 saturated heterocycles. The number of likely N-dealkylation sites (tertiary alicyclic amines) is 1. The molecule has 8 heteroatoms. The van der Waals surface area contributed by atoms with Crippen molar-refractivity contribution in [3.05, 3.63) is 18.3 Å². The van der Waals surface area contributed by atoms with Crippen LogP contribution in [0.1, 0.15) is 58.3 Å². The zero-order valence-corrected chi connectivity index (χ0v) is 18.4. The fourth-order valence-corrected chi connectivity index (χ4v) is 5.27. The Morgan fingerprint density at radius 3 is 2.77 bits per heavy atom. The number of amides is 2. The molecule has 3 heterocycles. The average molecular weight is 431 g/mol. The van der Waals surface area contributed by atoms with Crippen LogP contribution in [0, 0.1) is 5.41 Å². The summed E-state index contributed by atoms with van der Waals surface area (Å²) in [4.78, 5) is 34.0. The number of piperidine rings is 1. The molecule has 8 nitrogen and oxygen atoms in total. The number of nitrogens with one attached hydrogen (secondary N) is 1. The van der Waals surface area contributed by atoms with Crippen LogP contribution in [0.4, 0.5) is 16.3 Å². The first kappa shape index (κ1) is 21.9. The zero-order valence-electron chi connectivity index (χ0n) is 18.4. The quantitative estimate of drug-likeness (QED) is 0.745. The Balaban J connectivity index is 1.38. The first-order chi connectivity index (χ1) is 15.0. The largest absolute Gasteiger partial charge is 0.449 e. The van der Waals surface area contributed by atoms with Gasteiger partial charge in [-0.2, -0.15) is 0 Å². The summed E-state index contributed by atoms with van der Waals surface area (Å²) in [5.41, 5.74) is 0.274. The van der Waals surface area contributed by atoms with Crippen molar-refractivity contribution in [1.82, 2.24) is 9.88 Å². The van der Waals surface area contributed by atoms with E-state index in [4.69, 9.17) is 4.74 Å². The van der Waals surface area contributed by atoms with Gasteiger partial charge in [0, 0.05) is 25.7 Å². The number of ether oxygens (including phenoxy) is 1. The lowest BCUT2D eigenvalue weighted by atomic mass is 9.78. The Bertz CT molecular complexity index is 778. The highest BCUT2D eigenvalue weighted by Gasteiger charge is 2.50. The summed E-state index contributed by atoms with van der Waals surface area (Å²) < 4.78 is 5.04. The van der Waals surface area contributed by atoms with Crippen molar-refractivity contribution < 1.29 is 19.4 Å². The minimum Gasteiger partial charge on any atom is -0.449 e. The number of anilines is 2. The molecule has 170 valence electrons. The highest BCUT2D eigenvalue weighted by molar-refractivity contribution is 5.86. The summed E-state index contributed by atoms with van der Waals surface area (Å²) in [5, 5.41) is 12.5. The smallest absolute Gasteiger partial charge is 0.411 e. The molecule has 2 amide bonds. The SMILES string of the molecule is CCCOC(=O)Nc1ccc(N2CCC[C@]3(CCN(C4CCC(O)CC4)C3=O)C2)nc1. The van der Waals surface area contributed by atoms with Gasteiger partial charge < -0.3 is 19.6 Å². The second-order valence-corrected chi connectivity index (χ2v) is 9.18. The van der Waals surface area contributed by atoms with Crippen LogP contribution in [0.2, 0.25) is 0 Å². The van der Waals surface area contributed by atoms with Crippen LogP contribution < -0.4 is 10.2 Å². The molecule has 2 N–H and O–H groups in total. The van der Waals surface area contributed by atoms with E-state index in [2.05, 4.69) is 20.1 Å². The van der Waals surface area contributed by atoms with Crippen LogP contribution in [0.15, 0.2) is 18.3 Å². The first-order valence-corrected chi connectivity index (χ1v) is 11.6. The molecule has 1 atom stereocenters. The lowest BCUT2D eigenvalue weighted by Crippen LogP contribution is -2.50. The van der Waals surface area contributed by atoms with Crippen LogP contribution in [0.3, 0.4) is 0 Å². The number of aromatic nitrogens is 1. The summed E-state index contributed by atoms with van der Waals surface area (Å²) in [5.74, 6) is 1.12. The third-order valence-corrected chi connectivity index (χ3v) is 6.99. The molecule has 0 aromatic carbocycles. The summed E-state index contributed by atoms with van der Waals surface area (Å²) in [6.45, 7) is 4.73. The zero-order chi connectivity index (χ0) is 21.8. The van der Waals surface area contributed by atoms with Crippen molar-refractivity contribution in [2.75, 3.05) is 36.5 Å². The molecule has 1 spiro atoms. The van der Waals surface area contributed by atoms with E-state index >= 15 is 0 Å². The molecule has 31 heavy (non-hydrogen) atoms. The number of rotatable bonds is 5. The number of aliphatic hydroxyl groups is 1. The van der Waals surface area contributed by atoms with Crippen LogP contribution in [0.25, 0.3) is 0 Å². The fourth-order valence-electron chi connectivity index (χ4n) is 5.27. The van der Waals surface area contributed by atoms with Gasteiger partial charge in [0.2, 0.25) is 5.91 Å². The average Bonchev–Trinajstić information content (AvgIpc) is 3.09. The van der Waals surface area contributed by atoms with E-state index < -0.39 is 6.09 Å². The molecule has 0 bridgehead atoms. The van der Waals surface area contributed by atoms with Gasteiger partial charge in [-0.1, -0.05) is 6.92 Å². The normalized spacial score (nSPS) is 28.8. The highest BCUT2D eigenvalue weighted by Crippen LogP contribution is 2.43. The van der Waals surface area contributed by atoms with E-state index in [9.17, 15) is 14.7 Å². The van der Waals surface area contributed by atoms with Gasteiger partial charge in [-0.25, -0.2) is 9.78 Å². The van der Waals surface area contributed by atoms with Gasteiger partial charge in [-0.3, -0.25) is 10.1 Å². The number of aliphatic hydroxyl groups excluding tert-OH is 1. The summed E-state index contributed by atoms with van der Waals surface area (Å²) in [6, 6.07) is 4.00. The Kier molecular flexibility index (Phi) is 6.65. The van der Waals surface area contributed by atoms with E-state index in [0.717, 1.165) is 70.3 Å². The first-order valence-electron chi connectivity index (χ1n) is 11.6. The molecule has 1 aliphatic carbocycles. The van der Waals surface area contributed by atoms with Gasteiger partial charge in [0.05, 0.1) is 30.0 Å². The Morgan fingerprint density at radius 1 is 1.26 bits per heavy atom. The number of carbonyl (C=O) groups excluding carboxylic acids is 2. The lowest BCUT2D eigenvalue weighted by molar-refractivity contribution is -0.139. The minimum atomic E-state index is -0.472. The van der Waals surface area contributed by atoms with Gasteiger partial charge in [-0.15, -0.1) is 0 Å². The van der Waals surface area contributed by atoms with Crippen LogP contribution >= 0.6 is 0 Å². The molecular weight excluding hydrogens is 396 g/mol. The summed E-state index contributed by atoms with van der Waals surface area (Å²) >= 11 is 0. The van der Waals surface area contributed by atoms with Crippen molar-refractivity contribution >= 4 is 23.5 Å². The van der Waals surface area contributed by atoms with E-state index in [0.29, 0.717) is 18.8 Å². The molecule has 3 aliphatic rings. The lowest BCUT2D eigenvalue weighted by Gasteiger charge is -2.41. The van der Waals surface area contributed by atoms with Crippen LogP contribution in [0.5, 0.6) is 0 Å². The Hall–Kier alpha value is -2.35. The fraction of sp³-hybridized carbons (Fsp3) is 0.696. The number of carbonyl (C=O) groups is 2. The molecule has 2 aliphatic heterocycles. The Morgan fingerprint density at radius 2 is 2.06 bits per heavy atom. The molecule has 1 aromatic heterocycles. The van der Waals surface area contributed by atoms with Crippen LogP contribution in [-0.4, -0.2) is 65.4 Å². The van der Waals surface area contributed by atoms with Crippen molar-refractivity contribution in [3.8, 4) is 0 Å². The van der Waals surface area contributed by atoms with Crippen LogP contribution in [-0.2, 0) is 9.53 Å².